The molecule has 6 heteroatoms. The molecule has 2 rings (SSSR count). The molecule has 1 aromatic rings. The van der Waals surface area contributed by atoms with Crippen molar-refractivity contribution in [3.63, 3.8) is 0 Å². The average molecular weight is 284 g/mol. The SMILES string of the molecule is CC1Cc2cc(C(N)CCO)ccc2N1S(C)(=O)=O. The van der Waals surface area contributed by atoms with Gasteiger partial charge in [-0.1, -0.05) is 12.1 Å². The normalized spacial score (nSPS) is 20.4. The molecule has 0 radical (unpaired) electrons. The van der Waals surface area contributed by atoms with Gasteiger partial charge in [0.1, 0.15) is 0 Å². The molecule has 0 saturated heterocycles. The van der Waals surface area contributed by atoms with E-state index in [2.05, 4.69) is 0 Å². The van der Waals surface area contributed by atoms with Crippen LogP contribution in [0.25, 0.3) is 0 Å². The van der Waals surface area contributed by atoms with Crippen LogP contribution >= 0.6 is 0 Å². The highest BCUT2D eigenvalue weighted by Crippen LogP contribution is 2.35. The van der Waals surface area contributed by atoms with Gasteiger partial charge in [0.2, 0.25) is 10.0 Å². The molecule has 2 atom stereocenters. The predicted octanol–water partition coefficient (Wildman–Crippen LogP) is 0.779. The molecule has 0 bridgehead atoms. The van der Waals surface area contributed by atoms with Gasteiger partial charge in [0.25, 0.3) is 0 Å². The maximum Gasteiger partial charge on any atom is 0.232 e. The number of aliphatic hydroxyl groups excluding tert-OH is 1. The number of rotatable bonds is 4. The molecule has 0 fully saturated rings. The van der Waals surface area contributed by atoms with Gasteiger partial charge in [0, 0.05) is 18.7 Å². The van der Waals surface area contributed by atoms with Crippen LogP contribution in [0.15, 0.2) is 18.2 Å². The molecule has 3 N–H and O–H groups in total. The van der Waals surface area contributed by atoms with Crippen molar-refractivity contribution in [2.45, 2.75) is 31.8 Å². The summed E-state index contributed by atoms with van der Waals surface area (Å²) in [5.74, 6) is 0. The van der Waals surface area contributed by atoms with Crippen molar-refractivity contribution in [2.24, 2.45) is 5.73 Å². The Morgan fingerprint density at radius 3 is 2.79 bits per heavy atom. The first-order chi connectivity index (χ1) is 8.84. The number of anilines is 1. The van der Waals surface area contributed by atoms with Gasteiger partial charge in [-0.15, -0.1) is 0 Å². The highest BCUT2D eigenvalue weighted by atomic mass is 32.2. The van der Waals surface area contributed by atoms with Crippen LogP contribution in [-0.2, 0) is 16.4 Å². The maximum absolute atomic E-state index is 11.8. The number of nitrogens with zero attached hydrogens (tertiary/aromatic N) is 1. The Balaban J connectivity index is 2.37. The van der Waals surface area contributed by atoms with Crippen LogP contribution in [0.2, 0.25) is 0 Å². The van der Waals surface area contributed by atoms with Crippen molar-refractivity contribution in [1.29, 1.82) is 0 Å². The van der Waals surface area contributed by atoms with Gasteiger partial charge >= 0.3 is 0 Å². The Morgan fingerprint density at radius 1 is 1.53 bits per heavy atom. The standard InChI is InChI=1S/C13H20N2O3S/c1-9-7-11-8-10(12(14)5-6-16)3-4-13(11)15(9)19(2,17)18/h3-4,8-9,12,16H,5-7,14H2,1-2H3. The number of benzene rings is 1. The third-order valence-corrected chi connectivity index (χ3v) is 4.75. The molecule has 0 amide bonds. The predicted molar refractivity (Wildman–Crippen MR) is 75.6 cm³/mol. The summed E-state index contributed by atoms with van der Waals surface area (Å²) in [4.78, 5) is 0. The molecule has 2 unspecified atom stereocenters. The van der Waals surface area contributed by atoms with E-state index in [9.17, 15) is 8.42 Å². The Kier molecular flexibility index (Phi) is 3.85. The lowest BCUT2D eigenvalue weighted by Gasteiger charge is -2.22. The Labute approximate surface area is 114 Å². The molecule has 1 heterocycles. The number of fused-ring (bicyclic) bond motifs is 1. The molecule has 106 valence electrons. The van der Waals surface area contributed by atoms with Crippen LogP contribution in [0.1, 0.15) is 30.5 Å². The zero-order chi connectivity index (χ0) is 14.2. The summed E-state index contributed by atoms with van der Waals surface area (Å²) in [6.07, 6.45) is 2.43. The topological polar surface area (TPSA) is 83.6 Å². The molecule has 5 nitrogen and oxygen atoms in total. The summed E-state index contributed by atoms with van der Waals surface area (Å²) >= 11 is 0. The molecule has 19 heavy (non-hydrogen) atoms. The Morgan fingerprint density at radius 2 is 2.21 bits per heavy atom. The molecular formula is C13H20N2O3S. The van der Waals surface area contributed by atoms with Crippen molar-refractivity contribution in [2.75, 3.05) is 17.2 Å². The number of sulfonamides is 1. The lowest BCUT2D eigenvalue weighted by molar-refractivity contribution is 0.276. The monoisotopic (exact) mass is 284 g/mol. The van der Waals surface area contributed by atoms with E-state index in [0.717, 1.165) is 16.8 Å². The fraction of sp³-hybridized carbons (Fsp3) is 0.538. The fourth-order valence-electron chi connectivity index (χ4n) is 2.66. The first-order valence-electron chi connectivity index (χ1n) is 6.33. The largest absolute Gasteiger partial charge is 0.396 e. The third-order valence-electron chi connectivity index (χ3n) is 3.48. The van der Waals surface area contributed by atoms with E-state index in [1.807, 2.05) is 25.1 Å². The minimum atomic E-state index is -3.25. The second kappa shape index (κ2) is 5.11. The number of hydrogen-bond acceptors (Lipinski definition) is 4. The van der Waals surface area contributed by atoms with Gasteiger partial charge in [0.05, 0.1) is 11.9 Å². The van der Waals surface area contributed by atoms with Crippen molar-refractivity contribution in [3.8, 4) is 0 Å². The quantitative estimate of drug-likeness (QED) is 0.856. The smallest absolute Gasteiger partial charge is 0.232 e. The van der Waals surface area contributed by atoms with Crippen LogP contribution in [0.3, 0.4) is 0 Å². The summed E-state index contributed by atoms with van der Waals surface area (Å²) in [6.45, 7) is 1.94. The lowest BCUT2D eigenvalue weighted by atomic mass is 10.0. The van der Waals surface area contributed by atoms with Crippen LogP contribution in [0, 0.1) is 0 Å². The van der Waals surface area contributed by atoms with Crippen LogP contribution in [0.4, 0.5) is 5.69 Å². The molecular weight excluding hydrogens is 264 g/mol. The Bertz CT molecular complexity index is 571. The number of aliphatic hydroxyl groups is 1. The van der Waals surface area contributed by atoms with Crippen molar-refractivity contribution in [3.05, 3.63) is 29.3 Å². The van der Waals surface area contributed by atoms with E-state index in [4.69, 9.17) is 10.8 Å². The van der Waals surface area contributed by atoms with E-state index >= 15 is 0 Å². The third kappa shape index (κ3) is 2.75. The van der Waals surface area contributed by atoms with E-state index in [-0.39, 0.29) is 18.7 Å². The highest BCUT2D eigenvalue weighted by molar-refractivity contribution is 7.92. The van der Waals surface area contributed by atoms with Crippen molar-refractivity contribution >= 4 is 15.7 Å². The summed E-state index contributed by atoms with van der Waals surface area (Å²) in [5.41, 5.74) is 8.65. The van der Waals surface area contributed by atoms with E-state index in [0.29, 0.717) is 12.8 Å². The summed E-state index contributed by atoms with van der Waals surface area (Å²) in [6, 6.07) is 5.34. The van der Waals surface area contributed by atoms with Gasteiger partial charge < -0.3 is 10.8 Å². The summed E-state index contributed by atoms with van der Waals surface area (Å²) in [7, 11) is -3.25. The van der Waals surface area contributed by atoms with E-state index in [1.165, 1.54) is 10.6 Å². The maximum atomic E-state index is 11.8. The minimum absolute atomic E-state index is 0.0458. The van der Waals surface area contributed by atoms with Crippen LogP contribution in [0.5, 0.6) is 0 Å². The average Bonchev–Trinajstić information content (AvgIpc) is 2.63. The van der Waals surface area contributed by atoms with E-state index in [1.54, 1.807) is 0 Å². The summed E-state index contributed by atoms with van der Waals surface area (Å²) < 4.78 is 25.1. The molecule has 1 aliphatic heterocycles. The van der Waals surface area contributed by atoms with Gasteiger partial charge in [-0.2, -0.15) is 0 Å². The Hall–Kier alpha value is -1.11. The highest BCUT2D eigenvalue weighted by Gasteiger charge is 2.32. The van der Waals surface area contributed by atoms with Crippen LogP contribution < -0.4 is 10.0 Å². The lowest BCUT2D eigenvalue weighted by Crippen LogP contribution is -2.34. The van der Waals surface area contributed by atoms with Gasteiger partial charge in [-0.25, -0.2) is 8.42 Å². The molecule has 0 saturated carbocycles. The molecule has 0 spiro atoms. The second-order valence-corrected chi connectivity index (χ2v) is 6.98. The van der Waals surface area contributed by atoms with Crippen molar-refractivity contribution in [1.82, 2.24) is 0 Å². The first kappa shape index (κ1) is 14.3. The number of hydrogen-bond donors (Lipinski definition) is 2. The van der Waals surface area contributed by atoms with Gasteiger partial charge in [0.15, 0.2) is 0 Å². The zero-order valence-corrected chi connectivity index (χ0v) is 12.0. The molecule has 1 aromatic carbocycles. The van der Waals surface area contributed by atoms with Crippen LogP contribution in [-0.4, -0.2) is 32.4 Å². The zero-order valence-electron chi connectivity index (χ0n) is 11.2. The fourth-order valence-corrected chi connectivity index (χ4v) is 3.93. The van der Waals surface area contributed by atoms with E-state index < -0.39 is 10.0 Å². The molecule has 0 aromatic heterocycles. The van der Waals surface area contributed by atoms with Crippen molar-refractivity contribution < 1.29 is 13.5 Å². The molecule has 1 aliphatic rings. The summed E-state index contributed by atoms with van der Waals surface area (Å²) in [5, 5.41) is 8.91. The van der Waals surface area contributed by atoms with Gasteiger partial charge in [-0.3, -0.25) is 4.31 Å². The van der Waals surface area contributed by atoms with Gasteiger partial charge in [-0.05, 0) is 37.0 Å². The molecule has 0 aliphatic carbocycles. The first-order valence-corrected chi connectivity index (χ1v) is 8.18. The second-order valence-electron chi connectivity index (χ2n) is 5.12. The number of nitrogens with two attached hydrogens (primary N) is 1. The minimum Gasteiger partial charge on any atom is -0.396 e.